The smallest absolute Gasteiger partial charge is 0.223 e. The molecule has 5 nitrogen and oxygen atoms in total. The first-order valence-electron chi connectivity index (χ1n) is 5.49. The molecule has 0 aromatic heterocycles. The normalized spacial score (nSPS) is 15.5. The van der Waals surface area contributed by atoms with Gasteiger partial charge in [-0.15, -0.1) is 12.4 Å². The minimum atomic E-state index is 0. The van der Waals surface area contributed by atoms with E-state index in [4.69, 9.17) is 23.1 Å². The predicted octanol–water partition coefficient (Wildman–Crippen LogP) is 1.89. The van der Waals surface area contributed by atoms with Crippen LogP contribution in [0.25, 0.3) is 0 Å². The second kappa shape index (κ2) is 7.01. The van der Waals surface area contributed by atoms with Gasteiger partial charge in [-0.05, 0) is 24.3 Å². The van der Waals surface area contributed by atoms with Gasteiger partial charge in [0.2, 0.25) is 5.96 Å². The SMILES string of the molecule is Cl.NC(=Nc1ccc(Cl)cc1)N=C(N)N1CC=CC1. The Bertz CT molecular complexity index is 499. The van der Waals surface area contributed by atoms with Crippen LogP contribution in [0.4, 0.5) is 5.69 Å². The zero-order chi connectivity index (χ0) is 13.0. The number of nitrogens with two attached hydrogens (primary N) is 2. The first-order chi connectivity index (χ1) is 8.65. The van der Waals surface area contributed by atoms with E-state index in [-0.39, 0.29) is 18.4 Å². The van der Waals surface area contributed by atoms with Crippen LogP contribution in [0.15, 0.2) is 46.4 Å². The van der Waals surface area contributed by atoms with Crippen molar-refractivity contribution < 1.29 is 0 Å². The molecule has 1 aliphatic rings. The third kappa shape index (κ3) is 4.46. The van der Waals surface area contributed by atoms with Gasteiger partial charge in [0.1, 0.15) is 0 Å². The van der Waals surface area contributed by atoms with E-state index in [1.807, 2.05) is 17.1 Å². The third-order valence-electron chi connectivity index (χ3n) is 2.44. The highest BCUT2D eigenvalue weighted by atomic mass is 35.5. The second-order valence-corrected chi connectivity index (χ2v) is 4.23. The molecule has 0 aliphatic carbocycles. The Morgan fingerprint density at radius 2 is 1.68 bits per heavy atom. The summed E-state index contributed by atoms with van der Waals surface area (Å²) in [6, 6.07) is 7.01. The fraction of sp³-hybridized carbons (Fsp3) is 0.167. The second-order valence-electron chi connectivity index (χ2n) is 3.79. The van der Waals surface area contributed by atoms with E-state index in [1.54, 1.807) is 24.3 Å². The van der Waals surface area contributed by atoms with Crippen LogP contribution in [0.1, 0.15) is 0 Å². The minimum absolute atomic E-state index is 0. The third-order valence-corrected chi connectivity index (χ3v) is 2.69. The fourth-order valence-electron chi connectivity index (χ4n) is 1.53. The van der Waals surface area contributed by atoms with E-state index in [0.717, 1.165) is 13.1 Å². The number of halogens is 2. The van der Waals surface area contributed by atoms with Crippen molar-refractivity contribution in [3.63, 3.8) is 0 Å². The van der Waals surface area contributed by atoms with Crippen LogP contribution in [0.2, 0.25) is 5.02 Å². The number of benzene rings is 1. The van der Waals surface area contributed by atoms with Crippen molar-refractivity contribution in [3.05, 3.63) is 41.4 Å². The summed E-state index contributed by atoms with van der Waals surface area (Å²) in [6.45, 7) is 1.51. The van der Waals surface area contributed by atoms with Crippen molar-refractivity contribution in [3.8, 4) is 0 Å². The van der Waals surface area contributed by atoms with Crippen LogP contribution in [0.5, 0.6) is 0 Å². The molecule has 7 heteroatoms. The van der Waals surface area contributed by atoms with Crippen LogP contribution >= 0.6 is 24.0 Å². The van der Waals surface area contributed by atoms with Gasteiger partial charge in [-0.1, -0.05) is 23.8 Å². The van der Waals surface area contributed by atoms with Gasteiger partial charge in [-0.2, -0.15) is 4.99 Å². The molecule has 0 bridgehead atoms. The van der Waals surface area contributed by atoms with Crippen molar-refractivity contribution in [1.82, 2.24) is 4.90 Å². The Morgan fingerprint density at radius 3 is 2.26 bits per heavy atom. The van der Waals surface area contributed by atoms with Gasteiger partial charge in [-0.3, -0.25) is 0 Å². The van der Waals surface area contributed by atoms with Gasteiger partial charge < -0.3 is 16.4 Å². The maximum Gasteiger partial charge on any atom is 0.223 e. The van der Waals surface area contributed by atoms with Crippen LogP contribution in [0.3, 0.4) is 0 Å². The minimum Gasteiger partial charge on any atom is -0.369 e. The summed E-state index contributed by atoms with van der Waals surface area (Å²) in [4.78, 5) is 10.1. The Kier molecular flexibility index (Phi) is 5.66. The molecular weight excluding hydrogens is 285 g/mol. The summed E-state index contributed by atoms with van der Waals surface area (Å²) < 4.78 is 0. The van der Waals surface area contributed by atoms with Gasteiger partial charge in [0.05, 0.1) is 5.69 Å². The van der Waals surface area contributed by atoms with E-state index in [1.165, 1.54) is 0 Å². The first-order valence-corrected chi connectivity index (χ1v) is 5.87. The largest absolute Gasteiger partial charge is 0.369 e. The standard InChI is InChI=1S/C12H14ClN5.ClH/c13-9-3-5-10(6-4-9)16-11(14)17-12(15)18-7-1-2-8-18;/h1-6H,7-8H2,(H4,14,15,16,17);1H. The van der Waals surface area contributed by atoms with Crippen LogP contribution in [-0.4, -0.2) is 29.9 Å². The number of rotatable bonds is 1. The summed E-state index contributed by atoms with van der Waals surface area (Å²) in [7, 11) is 0. The molecule has 2 rings (SSSR count). The predicted molar refractivity (Wildman–Crippen MR) is 82.3 cm³/mol. The number of hydrogen-bond donors (Lipinski definition) is 2. The monoisotopic (exact) mass is 299 g/mol. The highest BCUT2D eigenvalue weighted by molar-refractivity contribution is 6.30. The molecule has 0 spiro atoms. The highest BCUT2D eigenvalue weighted by Gasteiger charge is 2.08. The van der Waals surface area contributed by atoms with E-state index in [9.17, 15) is 0 Å². The molecule has 0 amide bonds. The average Bonchev–Trinajstić information content (AvgIpc) is 2.85. The van der Waals surface area contributed by atoms with Gasteiger partial charge >= 0.3 is 0 Å². The van der Waals surface area contributed by atoms with Crippen molar-refractivity contribution in [1.29, 1.82) is 0 Å². The van der Waals surface area contributed by atoms with E-state index in [0.29, 0.717) is 16.7 Å². The maximum absolute atomic E-state index is 5.81. The van der Waals surface area contributed by atoms with E-state index < -0.39 is 0 Å². The molecule has 0 radical (unpaired) electrons. The first kappa shape index (κ1) is 15.3. The number of guanidine groups is 2. The number of nitrogens with zero attached hydrogens (tertiary/aromatic N) is 3. The summed E-state index contributed by atoms with van der Waals surface area (Å²) >= 11 is 5.78. The molecule has 102 valence electrons. The molecule has 0 atom stereocenters. The van der Waals surface area contributed by atoms with Gasteiger partial charge in [0.25, 0.3) is 0 Å². The van der Waals surface area contributed by atoms with Crippen molar-refractivity contribution in [2.45, 2.75) is 0 Å². The summed E-state index contributed by atoms with van der Waals surface area (Å²) in [6.07, 6.45) is 4.05. The van der Waals surface area contributed by atoms with Crippen LogP contribution < -0.4 is 11.5 Å². The zero-order valence-electron chi connectivity index (χ0n) is 10.2. The molecule has 0 saturated heterocycles. The van der Waals surface area contributed by atoms with E-state index in [2.05, 4.69) is 9.98 Å². The van der Waals surface area contributed by atoms with Crippen molar-refractivity contribution >= 4 is 41.6 Å². The average molecular weight is 300 g/mol. The molecule has 0 saturated carbocycles. The Labute approximate surface area is 123 Å². The summed E-state index contributed by atoms with van der Waals surface area (Å²) in [5.41, 5.74) is 12.2. The maximum atomic E-state index is 5.81. The Morgan fingerprint density at radius 1 is 1.11 bits per heavy atom. The molecule has 0 unspecified atom stereocenters. The van der Waals surface area contributed by atoms with E-state index >= 15 is 0 Å². The lowest BCUT2D eigenvalue weighted by molar-refractivity contribution is 0.534. The Balaban J connectivity index is 0.00000180. The zero-order valence-corrected chi connectivity index (χ0v) is 11.7. The van der Waals surface area contributed by atoms with Gasteiger partial charge in [0, 0.05) is 18.1 Å². The molecule has 4 N–H and O–H groups in total. The summed E-state index contributed by atoms with van der Waals surface area (Å²) in [5.74, 6) is 0.497. The molecular formula is C12H15Cl2N5. The topological polar surface area (TPSA) is 80.0 Å². The number of aliphatic imine (C=N–C) groups is 2. The Hall–Kier alpha value is -1.72. The summed E-state index contributed by atoms with van der Waals surface area (Å²) in [5, 5.41) is 0.652. The van der Waals surface area contributed by atoms with Crippen LogP contribution in [0, 0.1) is 0 Å². The van der Waals surface area contributed by atoms with Crippen LogP contribution in [-0.2, 0) is 0 Å². The fourth-order valence-corrected chi connectivity index (χ4v) is 1.65. The quantitative estimate of drug-likeness (QED) is 0.472. The molecule has 1 heterocycles. The lowest BCUT2D eigenvalue weighted by atomic mass is 10.3. The molecule has 1 aromatic rings. The molecule has 0 fully saturated rings. The lowest BCUT2D eigenvalue weighted by Crippen LogP contribution is -2.36. The molecule has 19 heavy (non-hydrogen) atoms. The van der Waals surface area contributed by atoms with Crippen molar-refractivity contribution in [2.75, 3.05) is 13.1 Å². The van der Waals surface area contributed by atoms with Gasteiger partial charge in [0.15, 0.2) is 5.96 Å². The molecule has 1 aliphatic heterocycles. The number of hydrogen-bond acceptors (Lipinski definition) is 1. The van der Waals surface area contributed by atoms with Crippen molar-refractivity contribution in [2.24, 2.45) is 21.5 Å². The lowest BCUT2D eigenvalue weighted by Gasteiger charge is -2.15. The van der Waals surface area contributed by atoms with Gasteiger partial charge in [-0.25, -0.2) is 4.99 Å². The highest BCUT2D eigenvalue weighted by Crippen LogP contribution is 2.16. The molecule has 1 aromatic carbocycles.